The van der Waals surface area contributed by atoms with Crippen molar-refractivity contribution in [3.05, 3.63) is 0 Å². The van der Waals surface area contributed by atoms with Crippen molar-refractivity contribution in [2.24, 2.45) is 0 Å². The predicted molar refractivity (Wildman–Crippen MR) is 70.4 cm³/mol. The van der Waals surface area contributed by atoms with Crippen LogP contribution in [0.15, 0.2) is 0 Å². The van der Waals surface area contributed by atoms with Crippen molar-refractivity contribution in [2.45, 2.75) is 39.1 Å². The molecule has 0 fully saturated rings. The van der Waals surface area contributed by atoms with E-state index < -0.39 is 44.2 Å². The third-order valence-corrected chi connectivity index (χ3v) is 3.30. The summed E-state index contributed by atoms with van der Waals surface area (Å²) in [6.07, 6.45) is -3.88. The van der Waals surface area contributed by atoms with E-state index in [4.69, 9.17) is 14.6 Å². The smallest absolute Gasteiger partial charge is 0.354 e. The van der Waals surface area contributed by atoms with Crippen LogP contribution < -0.4 is 0 Å². The number of rotatable bonds is 9. The minimum absolute atomic E-state index is 0.273. The Morgan fingerprint density at radius 3 is 2.24 bits per heavy atom. The summed E-state index contributed by atoms with van der Waals surface area (Å²) < 4.78 is 30.1. The lowest BCUT2D eigenvalue weighted by atomic mass is 10.4. The first-order valence-corrected chi connectivity index (χ1v) is 7.89. The highest BCUT2D eigenvalue weighted by molar-refractivity contribution is 7.52. The fourth-order valence-electron chi connectivity index (χ4n) is 1.13. The van der Waals surface area contributed by atoms with Crippen molar-refractivity contribution in [2.75, 3.05) is 20.1 Å². The summed E-state index contributed by atoms with van der Waals surface area (Å²) in [6, 6.07) is 0. The molecule has 4 unspecified atom stereocenters. The van der Waals surface area contributed by atoms with Crippen LogP contribution in [0.2, 0.25) is 0 Å². The molecule has 0 aromatic rings. The molecule has 4 atom stereocenters. The van der Waals surface area contributed by atoms with Crippen LogP contribution in [0.3, 0.4) is 0 Å². The zero-order valence-electron chi connectivity index (χ0n) is 12.3. The van der Waals surface area contributed by atoms with Gasteiger partial charge in [-0.1, -0.05) is 0 Å². The number of ether oxygens (including phenoxy) is 3. The highest BCUT2D eigenvalue weighted by Crippen LogP contribution is 2.42. The third-order valence-electron chi connectivity index (χ3n) is 2.07. The fourth-order valence-corrected chi connectivity index (χ4v) is 2.10. The summed E-state index contributed by atoms with van der Waals surface area (Å²) in [7, 11) is -2.81. The maximum atomic E-state index is 11.5. The van der Waals surface area contributed by atoms with Crippen LogP contribution in [-0.2, 0) is 32.9 Å². The van der Waals surface area contributed by atoms with E-state index in [2.05, 4.69) is 9.26 Å². The number of aliphatic hydroxyl groups excluding tert-OH is 1. The molecule has 0 radical (unpaired) electrons. The zero-order chi connectivity index (χ0) is 16.6. The van der Waals surface area contributed by atoms with Crippen molar-refractivity contribution in [1.29, 1.82) is 0 Å². The Morgan fingerprint density at radius 1 is 1.19 bits per heavy atom. The van der Waals surface area contributed by atoms with E-state index in [0.29, 0.717) is 0 Å². The highest BCUT2D eigenvalue weighted by atomic mass is 31.2. The van der Waals surface area contributed by atoms with Gasteiger partial charge in [0.1, 0.15) is 25.2 Å². The van der Waals surface area contributed by atoms with Gasteiger partial charge in [0.15, 0.2) is 6.10 Å². The molecule has 10 heteroatoms. The second-order valence-corrected chi connectivity index (χ2v) is 6.10. The average molecular weight is 328 g/mol. The van der Waals surface area contributed by atoms with Crippen molar-refractivity contribution in [3.8, 4) is 0 Å². The minimum atomic E-state index is -4.03. The summed E-state index contributed by atoms with van der Waals surface area (Å²) in [4.78, 5) is 31.9. The van der Waals surface area contributed by atoms with Crippen LogP contribution in [0.25, 0.3) is 0 Å². The number of hydrogen-bond donors (Lipinski definition) is 2. The molecule has 0 aliphatic carbocycles. The fraction of sp³-hybridized carbons (Fsp3) is 0.818. The molecule has 124 valence electrons. The molecule has 0 aliphatic rings. The monoisotopic (exact) mass is 328 g/mol. The van der Waals surface area contributed by atoms with Crippen LogP contribution in [-0.4, -0.2) is 60.3 Å². The Hall–Kier alpha value is -0.990. The van der Waals surface area contributed by atoms with E-state index in [1.807, 2.05) is 0 Å². The Kier molecular flexibility index (Phi) is 8.68. The van der Waals surface area contributed by atoms with Gasteiger partial charge in [-0.3, -0.25) is 9.09 Å². The Balaban J connectivity index is 4.19. The molecule has 2 N–H and O–H groups in total. The first-order chi connectivity index (χ1) is 9.59. The van der Waals surface area contributed by atoms with Gasteiger partial charge in [0, 0.05) is 7.11 Å². The van der Waals surface area contributed by atoms with Crippen LogP contribution in [0.1, 0.15) is 20.8 Å². The van der Waals surface area contributed by atoms with E-state index in [1.165, 1.54) is 27.9 Å². The molecule has 0 bridgehead atoms. The molecule has 0 saturated heterocycles. The van der Waals surface area contributed by atoms with Gasteiger partial charge in [-0.15, -0.1) is 0 Å². The first kappa shape index (κ1) is 20.0. The van der Waals surface area contributed by atoms with Gasteiger partial charge in [0.05, 0.1) is 0 Å². The molecule has 21 heavy (non-hydrogen) atoms. The van der Waals surface area contributed by atoms with Gasteiger partial charge in [-0.25, -0.2) is 9.59 Å². The van der Waals surface area contributed by atoms with Crippen molar-refractivity contribution >= 4 is 19.5 Å². The average Bonchev–Trinajstić information content (AvgIpc) is 2.34. The van der Waals surface area contributed by atoms with Gasteiger partial charge in [0.2, 0.25) is 0 Å². The topological polar surface area (TPSA) is 129 Å². The van der Waals surface area contributed by atoms with Crippen LogP contribution in [0.5, 0.6) is 0 Å². The van der Waals surface area contributed by atoms with Crippen LogP contribution >= 0.6 is 7.60 Å². The van der Waals surface area contributed by atoms with Crippen LogP contribution in [0, 0.1) is 0 Å². The quantitative estimate of drug-likeness (QED) is 0.445. The van der Waals surface area contributed by atoms with Gasteiger partial charge < -0.3 is 24.2 Å². The van der Waals surface area contributed by atoms with E-state index in [9.17, 15) is 19.0 Å². The lowest BCUT2D eigenvalue weighted by Crippen LogP contribution is -2.30. The minimum Gasteiger partial charge on any atom is -0.460 e. The van der Waals surface area contributed by atoms with E-state index in [0.717, 1.165) is 0 Å². The summed E-state index contributed by atoms with van der Waals surface area (Å²) >= 11 is 0. The molecule has 0 saturated carbocycles. The van der Waals surface area contributed by atoms with Gasteiger partial charge in [-0.05, 0) is 20.8 Å². The summed E-state index contributed by atoms with van der Waals surface area (Å²) in [5.41, 5.74) is 0. The molecular formula is C11H21O9P. The van der Waals surface area contributed by atoms with E-state index in [-0.39, 0.29) is 6.61 Å². The number of carbonyl (C=O) groups excluding carboxylic acids is 2. The van der Waals surface area contributed by atoms with Crippen molar-refractivity contribution < 1.29 is 42.9 Å². The Labute approximate surface area is 122 Å². The van der Waals surface area contributed by atoms with Crippen molar-refractivity contribution in [1.82, 2.24) is 0 Å². The molecule has 0 spiro atoms. The van der Waals surface area contributed by atoms with Gasteiger partial charge >= 0.3 is 19.5 Å². The summed E-state index contributed by atoms with van der Waals surface area (Å²) in [6.45, 7) is 3.67. The molecule has 0 aliphatic heterocycles. The van der Waals surface area contributed by atoms with Crippen molar-refractivity contribution in [3.63, 3.8) is 0 Å². The van der Waals surface area contributed by atoms with Gasteiger partial charge in [-0.2, -0.15) is 0 Å². The normalized spacial score (nSPS) is 18.2. The van der Waals surface area contributed by atoms with E-state index in [1.54, 1.807) is 0 Å². The number of aliphatic hydroxyl groups is 1. The zero-order valence-corrected chi connectivity index (χ0v) is 13.2. The van der Waals surface area contributed by atoms with Crippen LogP contribution in [0.4, 0.5) is 0 Å². The number of esters is 2. The molecule has 0 amide bonds. The predicted octanol–water partition coefficient (Wildman–Crippen LogP) is 0.0365. The number of methoxy groups -OCH3 is 1. The largest absolute Gasteiger partial charge is 0.460 e. The summed E-state index contributed by atoms with van der Waals surface area (Å²) in [5.74, 6) is -1.73. The number of carbonyl (C=O) groups is 2. The first-order valence-electron chi connectivity index (χ1n) is 6.13. The maximum absolute atomic E-state index is 11.5. The lowest BCUT2D eigenvalue weighted by Gasteiger charge is -2.18. The Morgan fingerprint density at radius 2 is 1.76 bits per heavy atom. The van der Waals surface area contributed by atoms with E-state index >= 15 is 0 Å². The number of hydrogen-bond acceptors (Lipinski definition) is 8. The SMILES string of the molecule is COCP(=O)(O)OC(C)C(=O)OCC(C)OC(=O)C(C)O. The maximum Gasteiger partial charge on any atom is 0.354 e. The summed E-state index contributed by atoms with van der Waals surface area (Å²) in [5, 5.41) is 8.94. The molecule has 0 aromatic heterocycles. The molecule has 9 nitrogen and oxygen atoms in total. The molecule has 0 heterocycles. The lowest BCUT2D eigenvalue weighted by molar-refractivity contribution is -0.166. The standard InChI is InChI=1S/C11H21O9P/c1-7(19-10(13)8(2)12)5-18-11(14)9(3)20-21(15,16)6-17-4/h7-9,12H,5-6H2,1-4H3,(H,15,16). The highest BCUT2D eigenvalue weighted by Gasteiger charge is 2.28. The molecular weight excluding hydrogens is 307 g/mol. The molecule has 0 aromatic carbocycles. The third kappa shape index (κ3) is 8.79. The second-order valence-electron chi connectivity index (χ2n) is 4.36. The second kappa shape index (κ2) is 9.11. The Bertz CT molecular complexity index is 395. The molecule has 0 rings (SSSR count). The van der Waals surface area contributed by atoms with Gasteiger partial charge in [0.25, 0.3) is 0 Å².